The molecule has 0 unspecified atom stereocenters. The highest BCUT2D eigenvalue weighted by atomic mass is 35.5. The molecule has 0 bridgehead atoms. The fourth-order valence-electron chi connectivity index (χ4n) is 2.33. The maximum Gasteiger partial charge on any atom is 0.161 e. The summed E-state index contributed by atoms with van der Waals surface area (Å²) in [6.07, 6.45) is 3.62. The fraction of sp³-hybridized carbons (Fsp3) is 0.538. The standard InChI is InChI=1S/C13H18O2.ClH/c1-4-9-5-10-7-12(14-2)13(15-3)8-11(10)6-9;/h7-9H,4-6H2,1-3H3;1H. The first-order valence-corrected chi connectivity index (χ1v) is 5.52. The number of benzene rings is 1. The number of ether oxygens (including phenoxy) is 2. The van der Waals surface area contributed by atoms with Gasteiger partial charge in [-0.3, -0.25) is 0 Å². The van der Waals surface area contributed by atoms with Gasteiger partial charge in [-0.2, -0.15) is 0 Å². The number of hydrogen-bond acceptors (Lipinski definition) is 2. The molecule has 0 spiro atoms. The Kier molecular flexibility index (Phi) is 4.48. The van der Waals surface area contributed by atoms with E-state index in [0.29, 0.717) is 0 Å². The Hall–Kier alpha value is -0.890. The van der Waals surface area contributed by atoms with Gasteiger partial charge in [0.05, 0.1) is 14.2 Å². The number of hydrogen-bond donors (Lipinski definition) is 0. The lowest BCUT2D eigenvalue weighted by atomic mass is 10.0. The molecule has 3 heteroatoms. The Morgan fingerprint density at radius 2 is 1.50 bits per heavy atom. The largest absolute Gasteiger partial charge is 0.493 e. The molecule has 0 heterocycles. The van der Waals surface area contributed by atoms with Crippen LogP contribution >= 0.6 is 12.4 Å². The molecule has 0 aromatic heterocycles. The van der Waals surface area contributed by atoms with Crippen LogP contribution in [-0.2, 0) is 12.8 Å². The maximum absolute atomic E-state index is 5.31. The lowest BCUT2D eigenvalue weighted by Gasteiger charge is -2.09. The van der Waals surface area contributed by atoms with Crippen molar-refractivity contribution in [1.29, 1.82) is 0 Å². The fourth-order valence-corrected chi connectivity index (χ4v) is 2.33. The molecule has 0 N–H and O–H groups in total. The van der Waals surface area contributed by atoms with Crippen LogP contribution in [0.2, 0.25) is 0 Å². The van der Waals surface area contributed by atoms with Crippen molar-refractivity contribution in [2.45, 2.75) is 26.2 Å². The number of halogens is 1. The quantitative estimate of drug-likeness (QED) is 0.810. The van der Waals surface area contributed by atoms with E-state index >= 15 is 0 Å². The summed E-state index contributed by atoms with van der Waals surface area (Å²) < 4.78 is 10.6. The predicted molar refractivity (Wildman–Crippen MR) is 68.0 cm³/mol. The summed E-state index contributed by atoms with van der Waals surface area (Å²) >= 11 is 0. The summed E-state index contributed by atoms with van der Waals surface area (Å²) in [7, 11) is 3.38. The molecular formula is C13H19ClO2. The van der Waals surface area contributed by atoms with Crippen LogP contribution in [0.15, 0.2) is 12.1 Å². The molecule has 0 amide bonds. The van der Waals surface area contributed by atoms with E-state index in [1.807, 2.05) is 0 Å². The average molecular weight is 243 g/mol. The van der Waals surface area contributed by atoms with Crippen LogP contribution in [0, 0.1) is 5.92 Å². The highest BCUT2D eigenvalue weighted by Gasteiger charge is 2.22. The summed E-state index contributed by atoms with van der Waals surface area (Å²) in [5.74, 6) is 2.51. The molecule has 90 valence electrons. The molecule has 16 heavy (non-hydrogen) atoms. The smallest absolute Gasteiger partial charge is 0.161 e. The van der Waals surface area contributed by atoms with Crippen LogP contribution in [0.1, 0.15) is 24.5 Å². The van der Waals surface area contributed by atoms with E-state index < -0.39 is 0 Å². The Balaban J connectivity index is 0.00000128. The van der Waals surface area contributed by atoms with Gasteiger partial charge in [-0.05, 0) is 42.0 Å². The van der Waals surface area contributed by atoms with Gasteiger partial charge in [0, 0.05) is 0 Å². The zero-order chi connectivity index (χ0) is 10.8. The summed E-state index contributed by atoms with van der Waals surface area (Å²) in [5, 5.41) is 0. The number of fused-ring (bicyclic) bond motifs is 1. The Labute approximate surface area is 103 Å². The van der Waals surface area contributed by atoms with Gasteiger partial charge >= 0.3 is 0 Å². The lowest BCUT2D eigenvalue weighted by Crippen LogP contribution is -1.95. The van der Waals surface area contributed by atoms with E-state index in [4.69, 9.17) is 9.47 Å². The lowest BCUT2D eigenvalue weighted by molar-refractivity contribution is 0.354. The van der Waals surface area contributed by atoms with Crippen LogP contribution in [-0.4, -0.2) is 14.2 Å². The Morgan fingerprint density at radius 1 is 1.06 bits per heavy atom. The van der Waals surface area contributed by atoms with Crippen LogP contribution in [0.4, 0.5) is 0 Å². The molecule has 0 radical (unpaired) electrons. The molecule has 0 saturated heterocycles. The monoisotopic (exact) mass is 242 g/mol. The van der Waals surface area contributed by atoms with Crippen LogP contribution in [0.25, 0.3) is 0 Å². The van der Waals surface area contributed by atoms with E-state index in [9.17, 15) is 0 Å². The van der Waals surface area contributed by atoms with Gasteiger partial charge in [-0.15, -0.1) is 12.4 Å². The van der Waals surface area contributed by atoms with Crippen molar-refractivity contribution in [2.24, 2.45) is 5.92 Å². The molecule has 1 aromatic carbocycles. The van der Waals surface area contributed by atoms with Crippen LogP contribution in [0.5, 0.6) is 11.5 Å². The van der Waals surface area contributed by atoms with E-state index in [0.717, 1.165) is 17.4 Å². The Morgan fingerprint density at radius 3 is 1.81 bits per heavy atom. The second-order valence-corrected chi connectivity index (χ2v) is 4.16. The maximum atomic E-state index is 5.31. The molecule has 0 aliphatic heterocycles. The molecule has 0 fully saturated rings. The summed E-state index contributed by atoms with van der Waals surface area (Å²) in [4.78, 5) is 0. The molecule has 0 saturated carbocycles. The van der Waals surface area contributed by atoms with E-state index in [-0.39, 0.29) is 12.4 Å². The van der Waals surface area contributed by atoms with Gasteiger partial charge in [-0.1, -0.05) is 13.3 Å². The van der Waals surface area contributed by atoms with Gasteiger partial charge in [-0.25, -0.2) is 0 Å². The second kappa shape index (κ2) is 5.44. The minimum atomic E-state index is 0. The highest BCUT2D eigenvalue weighted by Crippen LogP contribution is 2.37. The van der Waals surface area contributed by atoms with E-state index in [2.05, 4.69) is 19.1 Å². The Bertz CT molecular complexity index is 330. The highest BCUT2D eigenvalue weighted by molar-refractivity contribution is 5.85. The first-order valence-electron chi connectivity index (χ1n) is 5.52. The van der Waals surface area contributed by atoms with Crippen molar-refractivity contribution in [1.82, 2.24) is 0 Å². The zero-order valence-corrected chi connectivity index (χ0v) is 10.9. The average Bonchev–Trinajstić information content (AvgIpc) is 2.68. The van der Waals surface area contributed by atoms with Gasteiger partial charge in [0.15, 0.2) is 11.5 Å². The van der Waals surface area contributed by atoms with Crippen molar-refractivity contribution in [3.8, 4) is 11.5 Å². The van der Waals surface area contributed by atoms with Gasteiger partial charge in [0.2, 0.25) is 0 Å². The first-order chi connectivity index (χ1) is 7.28. The van der Waals surface area contributed by atoms with Gasteiger partial charge in [0.1, 0.15) is 0 Å². The van der Waals surface area contributed by atoms with Crippen molar-refractivity contribution in [2.75, 3.05) is 14.2 Å². The SMILES string of the molecule is CCC1Cc2cc(OC)c(OC)cc2C1.Cl. The third-order valence-corrected chi connectivity index (χ3v) is 3.30. The van der Waals surface area contributed by atoms with Crippen molar-refractivity contribution in [3.05, 3.63) is 23.3 Å². The first kappa shape index (κ1) is 13.2. The summed E-state index contributed by atoms with van der Waals surface area (Å²) in [6, 6.07) is 4.26. The topological polar surface area (TPSA) is 18.5 Å². The number of rotatable bonds is 3. The minimum absolute atomic E-state index is 0. The molecule has 1 aromatic rings. The predicted octanol–water partition coefficient (Wildman–Crippen LogP) is 3.25. The van der Waals surface area contributed by atoms with Crippen molar-refractivity contribution >= 4 is 12.4 Å². The van der Waals surface area contributed by atoms with Gasteiger partial charge in [0.25, 0.3) is 0 Å². The molecule has 1 aliphatic carbocycles. The molecular weight excluding hydrogens is 224 g/mol. The normalized spacial score (nSPS) is 14.2. The molecule has 0 atom stereocenters. The summed E-state index contributed by atoms with van der Waals surface area (Å²) in [5.41, 5.74) is 2.86. The molecule has 2 nitrogen and oxygen atoms in total. The zero-order valence-electron chi connectivity index (χ0n) is 10.1. The van der Waals surface area contributed by atoms with Gasteiger partial charge < -0.3 is 9.47 Å². The third-order valence-electron chi connectivity index (χ3n) is 3.30. The summed E-state index contributed by atoms with van der Waals surface area (Å²) in [6.45, 7) is 2.25. The second-order valence-electron chi connectivity index (χ2n) is 4.16. The van der Waals surface area contributed by atoms with Crippen LogP contribution < -0.4 is 9.47 Å². The van der Waals surface area contributed by atoms with E-state index in [1.54, 1.807) is 14.2 Å². The van der Waals surface area contributed by atoms with E-state index in [1.165, 1.54) is 30.4 Å². The number of methoxy groups -OCH3 is 2. The van der Waals surface area contributed by atoms with Crippen LogP contribution in [0.3, 0.4) is 0 Å². The molecule has 1 aliphatic rings. The van der Waals surface area contributed by atoms with Crippen molar-refractivity contribution in [3.63, 3.8) is 0 Å². The molecule has 2 rings (SSSR count). The third kappa shape index (κ3) is 2.27. The minimum Gasteiger partial charge on any atom is -0.493 e. The van der Waals surface area contributed by atoms with Crippen molar-refractivity contribution < 1.29 is 9.47 Å².